The first-order chi connectivity index (χ1) is 5.34. The van der Waals surface area contributed by atoms with E-state index in [-0.39, 0.29) is 11.8 Å². The molecule has 64 valence electrons. The lowest BCUT2D eigenvalue weighted by Crippen LogP contribution is -2.36. The van der Waals surface area contributed by atoms with Crippen molar-refractivity contribution in [1.82, 2.24) is 5.32 Å². The van der Waals surface area contributed by atoms with E-state index in [9.17, 15) is 4.79 Å². The third-order valence-electron chi connectivity index (χ3n) is 2.16. The van der Waals surface area contributed by atoms with Crippen LogP contribution in [-0.4, -0.2) is 19.0 Å². The number of amides is 1. The maximum Gasteiger partial charge on any atom is 0.223 e. The van der Waals surface area contributed by atoms with Crippen LogP contribution < -0.4 is 11.1 Å². The van der Waals surface area contributed by atoms with E-state index in [4.69, 9.17) is 5.73 Å². The van der Waals surface area contributed by atoms with Crippen molar-refractivity contribution in [3.05, 3.63) is 0 Å². The van der Waals surface area contributed by atoms with Crippen LogP contribution in [0, 0.1) is 5.92 Å². The van der Waals surface area contributed by atoms with Gasteiger partial charge in [-0.1, -0.05) is 0 Å². The Morgan fingerprint density at radius 2 is 2.45 bits per heavy atom. The Bertz CT molecular complexity index is 136. The Kier molecular flexibility index (Phi) is 3.36. The topological polar surface area (TPSA) is 55.1 Å². The van der Waals surface area contributed by atoms with Gasteiger partial charge in [-0.05, 0) is 32.2 Å². The minimum atomic E-state index is 0.227. The Morgan fingerprint density at radius 1 is 1.64 bits per heavy atom. The highest BCUT2D eigenvalue weighted by Crippen LogP contribution is 2.16. The van der Waals surface area contributed by atoms with Crippen molar-refractivity contribution in [1.29, 1.82) is 0 Å². The number of nitrogens with two attached hydrogens (primary N) is 1. The molecule has 3 N–H and O–H groups in total. The van der Waals surface area contributed by atoms with Crippen molar-refractivity contribution in [2.75, 3.05) is 13.1 Å². The lowest BCUT2D eigenvalue weighted by atomic mass is 9.94. The van der Waals surface area contributed by atoms with Crippen molar-refractivity contribution in [2.24, 2.45) is 11.7 Å². The maximum atomic E-state index is 11.1. The van der Waals surface area contributed by atoms with Gasteiger partial charge in [-0.25, -0.2) is 0 Å². The predicted molar refractivity (Wildman–Crippen MR) is 44.0 cm³/mol. The first kappa shape index (κ1) is 8.53. The van der Waals surface area contributed by atoms with Crippen LogP contribution in [0.15, 0.2) is 0 Å². The summed E-state index contributed by atoms with van der Waals surface area (Å²) in [5.41, 5.74) is 5.36. The third kappa shape index (κ3) is 2.50. The fraction of sp³-hybridized carbons (Fsp3) is 0.875. The minimum Gasteiger partial charge on any atom is -0.356 e. The van der Waals surface area contributed by atoms with Crippen molar-refractivity contribution < 1.29 is 4.79 Å². The molecule has 0 aliphatic carbocycles. The molecule has 0 aromatic carbocycles. The zero-order chi connectivity index (χ0) is 8.10. The van der Waals surface area contributed by atoms with E-state index >= 15 is 0 Å². The maximum absolute atomic E-state index is 11.1. The van der Waals surface area contributed by atoms with Gasteiger partial charge in [-0.3, -0.25) is 4.79 Å². The molecule has 0 spiro atoms. The van der Waals surface area contributed by atoms with Crippen LogP contribution in [0.1, 0.15) is 25.7 Å². The van der Waals surface area contributed by atoms with E-state index in [2.05, 4.69) is 5.32 Å². The van der Waals surface area contributed by atoms with Gasteiger partial charge >= 0.3 is 0 Å². The monoisotopic (exact) mass is 156 g/mol. The summed E-state index contributed by atoms with van der Waals surface area (Å²) in [4.78, 5) is 11.1. The summed E-state index contributed by atoms with van der Waals surface area (Å²) < 4.78 is 0. The smallest absolute Gasteiger partial charge is 0.223 e. The quantitative estimate of drug-likeness (QED) is 0.615. The molecular formula is C8H16N2O. The number of rotatable bonds is 3. The molecule has 1 rings (SSSR count). The van der Waals surface area contributed by atoms with Gasteiger partial charge in [-0.15, -0.1) is 0 Å². The zero-order valence-electron chi connectivity index (χ0n) is 6.81. The highest BCUT2D eigenvalue weighted by molar-refractivity contribution is 5.79. The van der Waals surface area contributed by atoms with Crippen molar-refractivity contribution >= 4 is 5.91 Å². The van der Waals surface area contributed by atoms with Crippen LogP contribution in [-0.2, 0) is 4.79 Å². The normalized spacial score (nSPS) is 24.8. The molecule has 11 heavy (non-hydrogen) atoms. The average Bonchev–Trinajstić information content (AvgIpc) is 2.03. The lowest BCUT2D eigenvalue weighted by Gasteiger charge is -2.21. The molecule has 3 nitrogen and oxygen atoms in total. The SMILES string of the molecule is NCCC[C@H]1CCCNC1=O. The number of carbonyl (C=O) groups is 1. The van der Waals surface area contributed by atoms with E-state index < -0.39 is 0 Å². The Hall–Kier alpha value is -0.570. The molecule has 0 aromatic heterocycles. The number of hydrogen-bond donors (Lipinski definition) is 2. The van der Waals surface area contributed by atoms with Crippen molar-refractivity contribution in [3.63, 3.8) is 0 Å². The minimum absolute atomic E-state index is 0.227. The van der Waals surface area contributed by atoms with E-state index in [0.717, 1.165) is 32.2 Å². The molecule has 0 saturated carbocycles. The van der Waals surface area contributed by atoms with Gasteiger partial charge in [0.25, 0.3) is 0 Å². The number of nitrogens with one attached hydrogen (secondary N) is 1. The van der Waals surface area contributed by atoms with Crippen LogP contribution in [0.3, 0.4) is 0 Å². The van der Waals surface area contributed by atoms with Gasteiger partial charge < -0.3 is 11.1 Å². The molecular weight excluding hydrogens is 140 g/mol. The molecule has 0 bridgehead atoms. The molecule has 1 saturated heterocycles. The van der Waals surface area contributed by atoms with Crippen LogP contribution >= 0.6 is 0 Å². The second-order valence-corrected chi connectivity index (χ2v) is 3.06. The Balaban J connectivity index is 2.24. The fourth-order valence-electron chi connectivity index (χ4n) is 1.48. The molecule has 0 unspecified atom stereocenters. The van der Waals surface area contributed by atoms with E-state index in [1.165, 1.54) is 0 Å². The number of piperidine rings is 1. The summed E-state index contributed by atoms with van der Waals surface area (Å²) in [5, 5.41) is 2.86. The van der Waals surface area contributed by atoms with E-state index in [0.29, 0.717) is 6.54 Å². The van der Waals surface area contributed by atoms with Gasteiger partial charge in [0.1, 0.15) is 0 Å². The molecule has 1 amide bonds. The molecule has 0 aromatic rings. The molecule has 0 radical (unpaired) electrons. The Labute approximate surface area is 67.3 Å². The Morgan fingerprint density at radius 3 is 3.09 bits per heavy atom. The summed E-state index contributed by atoms with van der Waals surface area (Å²) in [6, 6.07) is 0. The summed E-state index contributed by atoms with van der Waals surface area (Å²) >= 11 is 0. The van der Waals surface area contributed by atoms with Crippen LogP contribution in [0.4, 0.5) is 0 Å². The zero-order valence-corrected chi connectivity index (χ0v) is 6.81. The van der Waals surface area contributed by atoms with Crippen LogP contribution in [0.5, 0.6) is 0 Å². The van der Waals surface area contributed by atoms with Crippen LogP contribution in [0.25, 0.3) is 0 Å². The third-order valence-corrected chi connectivity index (χ3v) is 2.16. The highest BCUT2D eigenvalue weighted by atomic mass is 16.1. The van der Waals surface area contributed by atoms with Gasteiger partial charge in [0.05, 0.1) is 0 Å². The summed E-state index contributed by atoms with van der Waals surface area (Å²) in [7, 11) is 0. The molecule has 1 aliphatic rings. The highest BCUT2D eigenvalue weighted by Gasteiger charge is 2.20. The largest absolute Gasteiger partial charge is 0.356 e. The first-order valence-electron chi connectivity index (χ1n) is 4.32. The number of carbonyl (C=O) groups excluding carboxylic acids is 1. The molecule has 1 aliphatic heterocycles. The van der Waals surface area contributed by atoms with E-state index in [1.807, 2.05) is 0 Å². The number of hydrogen-bond acceptors (Lipinski definition) is 2. The fourth-order valence-corrected chi connectivity index (χ4v) is 1.48. The molecule has 1 atom stereocenters. The molecule has 1 fully saturated rings. The summed E-state index contributed by atoms with van der Waals surface area (Å²) in [5.74, 6) is 0.469. The van der Waals surface area contributed by atoms with Gasteiger partial charge in [0.2, 0.25) is 5.91 Å². The van der Waals surface area contributed by atoms with Gasteiger partial charge in [0, 0.05) is 12.5 Å². The standard InChI is InChI=1S/C8H16N2O/c9-5-1-3-7-4-2-6-10-8(7)11/h7H,1-6,9H2,(H,10,11)/t7-/m0/s1. The summed E-state index contributed by atoms with van der Waals surface area (Å²) in [6.07, 6.45) is 4.10. The summed E-state index contributed by atoms with van der Waals surface area (Å²) in [6.45, 7) is 1.56. The second-order valence-electron chi connectivity index (χ2n) is 3.06. The van der Waals surface area contributed by atoms with Crippen LogP contribution in [0.2, 0.25) is 0 Å². The molecule has 3 heteroatoms. The first-order valence-corrected chi connectivity index (χ1v) is 4.32. The van der Waals surface area contributed by atoms with Crippen molar-refractivity contribution in [3.8, 4) is 0 Å². The second kappa shape index (κ2) is 4.34. The van der Waals surface area contributed by atoms with Crippen molar-refractivity contribution in [2.45, 2.75) is 25.7 Å². The van der Waals surface area contributed by atoms with Gasteiger partial charge in [0.15, 0.2) is 0 Å². The molecule has 1 heterocycles. The average molecular weight is 156 g/mol. The lowest BCUT2D eigenvalue weighted by molar-refractivity contribution is -0.126. The van der Waals surface area contributed by atoms with E-state index in [1.54, 1.807) is 0 Å². The predicted octanol–water partition coefficient (Wildman–Crippen LogP) is 0.252. The van der Waals surface area contributed by atoms with Gasteiger partial charge in [-0.2, -0.15) is 0 Å².